The number of nitrogens with one attached hydrogen (secondary N) is 1. The van der Waals surface area contributed by atoms with Crippen molar-refractivity contribution in [2.24, 2.45) is 0 Å². The first-order valence-corrected chi connectivity index (χ1v) is 9.55. The second kappa shape index (κ2) is 9.11. The summed E-state index contributed by atoms with van der Waals surface area (Å²) in [5.41, 5.74) is 0.815. The quantitative estimate of drug-likeness (QED) is 0.786. The van der Waals surface area contributed by atoms with Gasteiger partial charge in [-0.3, -0.25) is 9.59 Å². The molecule has 1 saturated heterocycles. The van der Waals surface area contributed by atoms with Crippen LogP contribution in [-0.4, -0.2) is 36.4 Å². The van der Waals surface area contributed by atoms with Gasteiger partial charge in [0, 0.05) is 23.1 Å². The van der Waals surface area contributed by atoms with Crippen LogP contribution in [0.3, 0.4) is 0 Å². The van der Waals surface area contributed by atoms with E-state index in [1.165, 1.54) is 0 Å². The Balaban J connectivity index is 1.68. The molecule has 1 N–H and O–H groups in total. The molecule has 0 spiro atoms. The van der Waals surface area contributed by atoms with Gasteiger partial charge in [-0.25, -0.2) is 0 Å². The number of carbonyl (C=O) groups is 2. The summed E-state index contributed by atoms with van der Waals surface area (Å²) >= 11 is 12.0. The Labute approximate surface area is 168 Å². The van der Waals surface area contributed by atoms with Crippen molar-refractivity contribution in [3.8, 4) is 5.75 Å². The van der Waals surface area contributed by atoms with Crippen molar-refractivity contribution in [2.75, 3.05) is 25.0 Å². The van der Waals surface area contributed by atoms with Crippen LogP contribution in [0.5, 0.6) is 5.75 Å². The predicted octanol–water partition coefficient (Wildman–Crippen LogP) is 4.64. The number of amides is 2. The minimum Gasteiger partial charge on any atom is -0.484 e. The molecule has 2 aromatic carbocycles. The average molecular weight is 407 g/mol. The highest BCUT2D eigenvalue weighted by Crippen LogP contribution is 2.24. The SMILES string of the molecule is O=C(COc1cccc(Cl)c1)Nc1cc(Cl)ccc1C(=O)N1CCCCC1. The molecule has 0 aliphatic carbocycles. The van der Waals surface area contributed by atoms with Crippen LogP contribution < -0.4 is 10.1 Å². The van der Waals surface area contributed by atoms with Crippen LogP contribution in [0.25, 0.3) is 0 Å². The molecule has 0 radical (unpaired) electrons. The van der Waals surface area contributed by atoms with E-state index >= 15 is 0 Å². The lowest BCUT2D eigenvalue weighted by Crippen LogP contribution is -2.36. The molecular weight excluding hydrogens is 387 g/mol. The van der Waals surface area contributed by atoms with Crippen molar-refractivity contribution in [1.29, 1.82) is 0 Å². The molecule has 5 nitrogen and oxygen atoms in total. The Bertz CT molecular complexity index is 836. The zero-order chi connectivity index (χ0) is 19.2. The van der Waals surface area contributed by atoms with Gasteiger partial charge in [-0.05, 0) is 55.7 Å². The Morgan fingerprint density at radius 3 is 2.48 bits per heavy atom. The number of likely N-dealkylation sites (tertiary alicyclic amines) is 1. The topological polar surface area (TPSA) is 58.6 Å². The lowest BCUT2D eigenvalue weighted by Gasteiger charge is -2.27. The third kappa shape index (κ3) is 5.37. The molecule has 1 aliphatic rings. The maximum Gasteiger partial charge on any atom is 0.262 e. The van der Waals surface area contributed by atoms with Gasteiger partial charge in [0.1, 0.15) is 5.75 Å². The van der Waals surface area contributed by atoms with E-state index in [4.69, 9.17) is 27.9 Å². The van der Waals surface area contributed by atoms with E-state index in [9.17, 15) is 9.59 Å². The Hall–Kier alpha value is -2.24. The molecule has 0 bridgehead atoms. The first-order valence-electron chi connectivity index (χ1n) is 8.80. The van der Waals surface area contributed by atoms with Gasteiger partial charge in [-0.15, -0.1) is 0 Å². The van der Waals surface area contributed by atoms with E-state index in [1.807, 2.05) is 4.90 Å². The number of hydrogen-bond donors (Lipinski definition) is 1. The molecule has 7 heteroatoms. The van der Waals surface area contributed by atoms with E-state index < -0.39 is 0 Å². The van der Waals surface area contributed by atoms with E-state index in [0.717, 1.165) is 32.4 Å². The molecule has 3 rings (SSSR count). The standard InChI is InChI=1S/C20H20Cl2N2O3/c21-14-5-4-6-16(11-14)27-13-19(25)23-18-12-15(22)7-8-17(18)20(26)24-9-2-1-3-10-24/h4-8,11-12H,1-3,9-10,13H2,(H,23,25). The van der Waals surface area contributed by atoms with Gasteiger partial charge >= 0.3 is 0 Å². The summed E-state index contributed by atoms with van der Waals surface area (Å²) in [5.74, 6) is 0.00993. The molecule has 1 heterocycles. The predicted molar refractivity (Wildman–Crippen MR) is 107 cm³/mol. The smallest absolute Gasteiger partial charge is 0.262 e. The fourth-order valence-electron chi connectivity index (χ4n) is 2.97. The second-order valence-corrected chi connectivity index (χ2v) is 7.21. The number of carbonyl (C=O) groups excluding carboxylic acids is 2. The molecule has 0 unspecified atom stereocenters. The van der Waals surface area contributed by atoms with Crippen LogP contribution in [0.4, 0.5) is 5.69 Å². The minimum atomic E-state index is -0.384. The first-order chi connectivity index (χ1) is 13.0. The van der Waals surface area contributed by atoms with Crippen LogP contribution in [0.15, 0.2) is 42.5 Å². The number of hydrogen-bond acceptors (Lipinski definition) is 3. The van der Waals surface area contributed by atoms with E-state index in [2.05, 4.69) is 5.32 Å². The van der Waals surface area contributed by atoms with E-state index in [0.29, 0.717) is 27.0 Å². The highest BCUT2D eigenvalue weighted by atomic mass is 35.5. The van der Waals surface area contributed by atoms with Crippen molar-refractivity contribution < 1.29 is 14.3 Å². The van der Waals surface area contributed by atoms with Crippen molar-refractivity contribution >= 4 is 40.7 Å². The third-order valence-corrected chi connectivity index (χ3v) is 4.77. The highest BCUT2D eigenvalue weighted by Gasteiger charge is 2.21. The third-order valence-electron chi connectivity index (χ3n) is 4.30. The fraction of sp³-hybridized carbons (Fsp3) is 0.300. The molecule has 0 aromatic heterocycles. The van der Waals surface area contributed by atoms with Crippen LogP contribution in [0.2, 0.25) is 10.0 Å². The van der Waals surface area contributed by atoms with E-state index in [1.54, 1.807) is 42.5 Å². The van der Waals surface area contributed by atoms with Crippen LogP contribution in [0, 0.1) is 0 Å². The summed E-state index contributed by atoms with van der Waals surface area (Å²) in [7, 11) is 0. The van der Waals surface area contributed by atoms with Gasteiger partial charge in [-0.2, -0.15) is 0 Å². The van der Waals surface area contributed by atoms with Crippen molar-refractivity contribution in [3.63, 3.8) is 0 Å². The number of anilines is 1. The van der Waals surface area contributed by atoms with Gasteiger partial charge in [0.25, 0.3) is 11.8 Å². The number of ether oxygens (including phenoxy) is 1. The van der Waals surface area contributed by atoms with Gasteiger partial charge < -0.3 is 15.0 Å². The molecule has 1 aliphatic heterocycles. The summed E-state index contributed by atoms with van der Waals surface area (Å²) in [6.45, 7) is 1.25. The Morgan fingerprint density at radius 1 is 1.00 bits per heavy atom. The second-order valence-electron chi connectivity index (χ2n) is 6.34. The summed E-state index contributed by atoms with van der Waals surface area (Å²) < 4.78 is 5.44. The monoisotopic (exact) mass is 406 g/mol. The Kier molecular flexibility index (Phi) is 6.58. The maximum atomic E-state index is 12.8. The Morgan fingerprint density at radius 2 is 1.74 bits per heavy atom. The summed E-state index contributed by atoms with van der Waals surface area (Å²) in [4.78, 5) is 26.9. The molecule has 142 valence electrons. The van der Waals surface area contributed by atoms with E-state index in [-0.39, 0.29) is 18.4 Å². The lowest BCUT2D eigenvalue weighted by atomic mass is 10.1. The molecule has 1 fully saturated rings. The number of halogens is 2. The lowest BCUT2D eigenvalue weighted by molar-refractivity contribution is -0.118. The van der Waals surface area contributed by atoms with Gasteiger partial charge in [0.15, 0.2) is 6.61 Å². The number of rotatable bonds is 5. The molecule has 0 saturated carbocycles. The summed E-state index contributed by atoms with van der Waals surface area (Å²) in [5, 5.41) is 3.69. The zero-order valence-electron chi connectivity index (χ0n) is 14.7. The average Bonchev–Trinajstić information content (AvgIpc) is 2.67. The zero-order valence-corrected chi connectivity index (χ0v) is 16.2. The highest BCUT2D eigenvalue weighted by molar-refractivity contribution is 6.31. The number of benzene rings is 2. The molecule has 0 atom stereocenters. The van der Waals surface area contributed by atoms with Crippen molar-refractivity contribution in [3.05, 3.63) is 58.1 Å². The summed E-state index contributed by atoms with van der Waals surface area (Å²) in [6.07, 6.45) is 3.12. The number of piperidine rings is 1. The molecule has 2 aromatic rings. The normalized spacial score (nSPS) is 13.9. The van der Waals surface area contributed by atoms with Crippen LogP contribution in [0.1, 0.15) is 29.6 Å². The van der Waals surface area contributed by atoms with Gasteiger partial charge in [0.05, 0.1) is 11.3 Å². The van der Waals surface area contributed by atoms with Crippen LogP contribution >= 0.6 is 23.2 Å². The van der Waals surface area contributed by atoms with Crippen molar-refractivity contribution in [1.82, 2.24) is 4.90 Å². The summed E-state index contributed by atoms with van der Waals surface area (Å²) in [6, 6.07) is 11.7. The molecular formula is C20H20Cl2N2O3. The van der Waals surface area contributed by atoms with Crippen molar-refractivity contribution in [2.45, 2.75) is 19.3 Å². The largest absolute Gasteiger partial charge is 0.484 e. The fourth-order valence-corrected chi connectivity index (χ4v) is 3.32. The number of nitrogens with zero attached hydrogens (tertiary/aromatic N) is 1. The maximum absolute atomic E-state index is 12.8. The van der Waals surface area contributed by atoms with Gasteiger partial charge in [-0.1, -0.05) is 29.3 Å². The molecule has 27 heavy (non-hydrogen) atoms. The molecule has 2 amide bonds. The first kappa shape index (κ1) is 19.5. The van der Waals surface area contributed by atoms with Gasteiger partial charge in [0.2, 0.25) is 0 Å². The van der Waals surface area contributed by atoms with Crippen LogP contribution in [-0.2, 0) is 4.79 Å². The minimum absolute atomic E-state index is 0.0996.